The molecule has 6 heteroatoms. The average Bonchev–Trinajstić information content (AvgIpc) is 3.40. The molecule has 3 rings (SSSR count). The van der Waals surface area contributed by atoms with Crippen LogP contribution < -0.4 is 10.6 Å². The van der Waals surface area contributed by atoms with Crippen LogP contribution in [0.1, 0.15) is 36.0 Å². The Kier molecular flexibility index (Phi) is 4.32. The molecule has 3 N–H and O–H groups in total. The van der Waals surface area contributed by atoms with Gasteiger partial charge in [0.05, 0.1) is 0 Å². The van der Waals surface area contributed by atoms with Gasteiger partial charge in [0.25, 0.3) is 5.91 Å². The van der Waals surface area contributed by atoms with Gasteiger partial charge >= 0.3 is 5.97 Å². The molecule has 0 saturated heterocycles. The first-order valence-corrected chi connectivity index (χ1v) is 7.95. The van der Waals surface area contributed by atoms with Crippen LogP contribution in [0, 0.1) is 17.8 Å². The summed E-state index contributed by atoms with van der Waals surface area (Å²) in [5.41, 5.74) is 1.03. The van der Waals surface area contributed by atoms with Crippen molar-refractivity contribution in [3.8, 4) is 0 Å². The molecule has 0 bridgehead atoms. The monoisotopic (exact) mass is 316 g/mol. The van der Waals surface area contributed by atoms with Crippen molar-refractivity contribution in [2.24, 2.45) is 17.8 Å². The predicted molar refractivity (Wildman–Crippen MR) is 84.0 cm³/mol. The average molecular weight is 316 g/mol. The van der Waals surface area contributed by atoms with E-state index >= 15 is 0 Å². The van der Waals surface area contributed by atoms with Crippen molar-refractivity contribution in [2.75, 3.05) is 11.9 Å². The molecular formula is C17H20N2O4. The maximum absolute atomic E-state index is 12.4. The van der Waals surface area contributed by atoms with Gasteiger partial charge in [-0.25, -0.2) is 0 Å². The number of hydrogen-bond donors (Lipinski definition) is 3. The fraction of sp³-hybridized carbons (Fsp3) is 0.471. The van der Waals surface area contributed by atoms with Crippen molar-refractivity contribution < 1.29 is 19.5 Å². The molecule has 0 unspecified atom stereocenters. The number of benzene rings is 1. The summed E-state index contributed by atoms with van der Waals surface area (Å²) in [5.74, 6) is -0.230. The Morgan fingerprint density at radius 3 is 2.09 bits per heavy atom. The van der Waals surface area contributed by atoms with E-state index in [0.29, 0.717) is 23.1 Å². The first-order chi connectivity index (χ1) is 11.0. The molecule has 2 saturated carbocycles. The molecule has 0 atom stereocenters. The third-order valence-corrected chi connectivity index (χ3v) is 4.38. The first kappa shape index (κ1) is 15.5. The Morgan fingerprint density at radius 2 is 1.61 bits per heavy atom. The fourth-order valence-electron chi connectivity index (χ4n) is 2.91. The molecule has 2 aliphatic rings. The molecule has 0 spiro atoms. The van der Waals surface area contributed by atoms with Gasteiger partial charge < -0.3 is 15.7 Å². The molecule has 23 heavy (non-hydrogen) atoms. The smallest absolute Gasteiger partial charge is 0.322 e. The number of carboxylic acid groups (broad SMARTS) is 1. The van der Waals surface area contributed by atoms with E-state index in [4.69, 9.17) is 5.11 Å². The molecule has 0 radical (unpaired) electrons. The van der Waals surface area contributed by atoms with Crippen molar-refractivity contribution >= 4 is 23.5 Å². The highest BCUT2D eigenvalue weighted by Crippen LogP contribution is 2.49. The Morgan fingerprint density at radius 1 is 1.04 bits per heavy atom. The molecule has 122 valence electrons. The zero-order valence-corrected chi connectivity index (χ0v) is 12.7. The molecule has 6 nitrogen and oxygen atoms in total. The summed E-state index contributed by atoms with van der Waals surface area (Å²) in [6.07, 6.45) is 4.60. The lowest BCUT2D eigenvalue weighted by molar-refractivity contribution is -0.135. The molecule has 2 amide bonds. The van der Waals surface area contributed by atoms with Crippen LogP contribution in [0.4, 0.5) is 5.69 Å². The standard InChI is InChI=1S/C17H20N2O4/c20-14(21)9-18-16(22)12-5-7-13(8-6-12)19-17(23)15(10-1-2-10)11-3-4-11/h5-8,10-11,15H,1-4,9H2,(H,18,22)(H,19,23)(H,20,21). The number of hydrogen-bond acceptors (Lipinski definition) is 3. The fourth-order valence-corrected chi connectivity index (χ4v) is 2.91. The zero-order valence-electron chi connectivity index (χ0n) is 12.7. The molecule has 0 aromatic heterocycles. The third-order valence-electron chi connectivity index (χ3n) is 4.38. The Bertz CT molecular complexity index is 606. The van der Waals surface area contributed by atoms with Crippen molar-refractivity contribution in [3.63, 3.8) is 0 Å². The van der Waals surface area contributed by atoms with Gasteiger partial charge in [0.15, 0.2) is 0 Å². The van der Waals surface area contributed by atoms with Crippen LogP contribution in [0.5, 0.6) is 0 Å². The minimum absolute atomic E-state index is 0.0816. The zero-order chi connectivity index (χ0) is 16.4. The quantitative estimate of drug-likeness (QED) is 0.715. The SMILES string of the molecule is O=C(O)CNC(=O)c1ccc(NC(=O)C(C2CC2)C2CC2)cc1. The summed E-state index contributed by atoms with van der Waals surface area (Å²) in [5, 5.41) is 13.8. The van der Waals surface area contributed by atoms with E-state index in [1.807, 2.05) is 0 Å². The van der Waals surface area contributed by atoms with Crippen molar-refractivity contribution in [2.45, 2.75) is 25.7 Å². The summed E-state index contributed by atoms with van der Waals surface area (Å²) in [7, 11) is 0. The Hall–Kier alpha value is -2.37. The third kappa shape index (κ3) is 4.09. The first-order valence-electron chi connectivity index (χ1n) is 7.95. The molecule has 1 aromatic carbocycles. The second-order valence-electron chi connectivity index (χ2n) is 6.34. The number of aliphatic carboxylic acids is 1. The maximum Gasteiger partial charge on any atom is 0.322 e. The van der Waals surface area contributed by atoms with Crippen LogP contribution in [0.2, 0.25) is 0 Å². The van der Waals surface area contributed by atoms with E-state index in [1.54, 1.807) is 24.3 Å². The lowest BCUT2D eigenvalue weighted by atomic mass is 9.97. The number of amides is 2. The van der Waals surface area contributed by atoms with E-state index in [1.165, 1.54) is 0 Å². The number of rotatable bonds is 7. The molecule has 2 fully saturated rings. The molecular weight excluding hydrogens is 296 g/mol. The van der Waals surface area contributed by atoms with Gasteiger partial charge in [-0.3, -0.25) is 14.4 Å². The van der Waals surface area contributed by atoms with Crippen LogP contribution in [-0.2, 0) is 9.59 Å². The Balaban J connectivity index is 1.57. The normalized spacial score (nSPS) is 16.9. The summed E-state index contributed by atoms with van der Waals surface area (Å²) in [6, 6.07) is 6.50. The molecule has 2 aliphatic carbocycles. The number of anilines is 1. The van der Waals surface area contributed by atoms with Crippen LogP contribution >= 0.6 is 0 Å². The Labute approximate surface area is 134 Å². The summed E-state index contributed by atoms with van der Waals surface area (Å²) in [6.45, 7) is -0.415. The van der Waals surface area contributed by atoms with Gasteiger partial charge in [0, 0.05) is 17.2 Å². The number of carboxylic acids is 1. The van der Waals surface area contributed by atoms with Gasteiger partial charge in [-0.05, 0) is 61.8 Å². The highest BCUT2D eigenvalue weighted by molar-refractivity contribution is 5.97. The van der Waals surface area contributed by atoms with E-state index in [9.17, 15) is 14.4 Å². The lowest BCUT2D eigenvalue weighted by Gasteiger charge is -2.15. The molecule has 1 aromatic rings. The van der Waals surface area contributed by atoms with E-state index in [2.05, 4.69) is 10.6 Å². The van der Waals surface area contributed by atoms with E-state index in [0.717, 1.165) is 25.7 Å². The summed E-state index contributed by atoms with van der Waals surface area (Å²) < 4.78 is 0. The van der Waals surface area contributed by atoms with Crippen LogP contribution in [0.25, 0.3) is 0 Å². The number of carbonyl (C=O) groups excluding carboxylic acids is 2. The number of nitrogens with one attached hydrogen (secondary N) is 2. The van der Waals surface area contributed by atoms with Crippen molar-refractivity contribution in [3.05, 3.63) is 29.8 Å². The minimum atomic E-state index is -1.09. The van der Waals surface area contributed by atoms with Crippen molar-refractivity contribution in [1.82, 2.24) is 5.32 Å². The highest BCUT2D eigenvalue weighted by atomic mass is 16.4. The minimum Gasteiger partial charge on any atom is -0.480 e. The van der Waals surface area contributed by atoms with Gasteiger partial charge in [-0.15, -0.1) is 0 Å². The van der Waals surface area contributed by atoms with E-state index in [-0.39, 0.29) is 11.8 Å². The predicted octanol–water partition coefficient (Wildman–Crippen LogP) is 1.88. The van der Waals surface area contributed by atoms with Gasteiger partial charge in [0.1, 0.15) is 6.54 Å². The van der Waals surface area contributed by atoms with Gasteiger partial charge in [-0.2, -0.15) is 0 Å². The van der Waals surface area contributed by atoms with Crippen LogP contribution in [0.15, 0.2) is 24.3 Å². The van der Waals surface area contributed by atoms with E-state index < -0.39 is 18.4 Å². The maximum atomic E-state index is 12.4. The second kappa shape index (κ2) is 6.40. The topological polar surface area (TPSA) is 95.5 Å². The van der Waals surface area contributed by atoms with Crippen molar-refractivity contribution in [1.29, 1.82) is 0 Å². The summed E-state index contributed by atoms with van der Waals surface area (Å²) in [4.78, 5) is 34.6. The summed E-state index contributed by atoms with van der Waals surface area (Å²) >= 11 is 0. The largest absolute Gasteiger partial charge is 0.480 e. The van der Waals surface area contributed by atoms with Crippen LogP contribution in [-0.4, -0.2) is 29.4 Å². The second-order valence-corrected chi connectivity index (χ2v) is 6.34. The highest BCUT2D eigenvalue weighted by Gasteiger charge is 2.45. The molecule has 0 heterocycles. The van der Waals surface area contributed by atoms with Gasteiger partial charge in [0.2, 0.25) is 5.91 Å². The van der Waals surface area contributed by atoms with Crippen LogP contribution in [0.3, 0.4) is 0 Å². The van der Waals surface area contributed by atoms with Gasteiger partial charge in [-0.1, -0.05) is 0 Å². The lowest BCUT2D eigenvalue weighted by Crippen LogP contribution is -2.29. The number of carbonyl (C=O) groups is 3. The molecule has 0 aliphatic heterocycles.